The van der Waals surface area contributed by atoms with Gasteiger partial charge in [0.25, 0.3) is 5.56 Å². The summed E-state index contributed by atoms with van der Waals surface area (Å²) in [7, 11) is 3.29. The molecule has 9 heteroatoms. The van der Waals surface area contributed by atoms with Gasteiger partial charge in [-0.1, -0.05) is 0 Å². The van der Waals surface area contributed by atoms with Crippen LogP contribution in [0.25, 0.3) is 10.9 Å². The lowest BCUT2D eigenvalue weighted by Crippen LogP contribution is -2.39. The third kappa shape index (κ3) is 4.26. The summed E-state index contributed by atoms with van der Waals surface area (Å²) in [6.07, 6.45) is 3.34. The Kier molecular flexibility index (Phi) is 6.12. The molecule has 2 heterocycles. The van der Waals surface area contributed by atoms with E-state index in [4.69, 9.17) is 9.57 Å². The summed E-state index contributed by atoms with van der Waals surface area (Å²) in [5.41, 5.74) is 3.54. The third-order valence-corrected chi connectivity index (χ3v) is 6.49. The molecule has 0 saturated heterocycles. The average Bonchev–Trinajstić information content (AvgIpc) is 3.24. The van der Waals surface area contributed by atoms with Crippen molar-refractivity contribution in [3.8, 4) is 0 Å². The standard InChI is InChI=1S/C26H30N4O5/c1-14-21-16(8-11-20(21)29(6)17-9-10-18(27-13-17)24(32)34-7)12-19-22(14)23(31)30(15(2)28-19)35-25(33)26(3,4)5/h9-10,12-13,20H,8,11H2,1-7H3. The highest BCUT2D eigenvalue weighted by atomic mass is 16.7. The number of ether oxygens (including phenoxy) is 1. The highest BCUT2D eigenvalue weighted by molar-refractivity contribution is 5.87. The van der Waals surface area contributed by atoms with Gasteiger partial charge in [0.2, 0.25) is 0 Å². The zero-order chi connectivity index (χ0) is 25.7. The lowest BCUT2D eigenvalue weighted by Gasteiger charge is -2.28. The number of aryl methyl sites for hydroxylation is 3. The van der Waals surface area contributed by atoms with Gasteiger partial charge >= 0.3 is 11.9 Å². The van der Waals surface area contributed by atoms with Crippen molar-refractivity contribution in [3.05, 3.63) is 63.0 Å². The first-order chi connectivity index (χ1) is 16.4. The number of carbonyl (C=O) groups is 2. The second-order valence-corrected chi connectivity index (χ2v) is 9.91. The van der Waals surface area contributed by atoms with Crippen LogP contribution in [-0.4, -0.2) is 40.8 Å². The van der Waals surface area contributed by atoms with E-state index in [1.54, 1.807) is 40.0 Å². The first-order valence-electron chi connectivity index (χ1n) is 11.5. The van der Waals surface area contributed by atoms with Crippen molar-refractivity contribution in [3.63, 3.8) is 0 Å². The summed E-state index contributed by atoms with van der Waals surface area (Å²) in [4.78, 5) is 54.1. The molecule has 1 unspecified atom stereocenters. The van der Waals surface area contributed by atoms with Crippen LogP contribution in [0.2, 0.25) is 0 Å². The van der Waals surface area contributed by atoms with Gasteiger partial charge in [-0.25, -0.2) is 19.6 Å². The fraction of sp³-hybridized carbons (Fsp3) is 0.423. The average molecular weight is 479 g/mol. The van der Waals surface area contributed by atoms with Crippen LogP contribution in [0.1, 0.15) is 66.2 Å². The Hall–Kier alpha value is -3.75. The molecule has 0 amide bonds. The van der Waals surface area contributed by atoms with E-state index in [0.717, 1.165) is 39.9 Å². The first-order valence-corrected chi connectivity index (χ1v) is 11.5. The van der Waals surface area contributed by atoms with Crippen molar-refractivity contribution in [2.45, 2.75) is 53.5 Å². The Labute approximate surface area is 203 Å². The number of methoxy groups -OCH3 is 1. The van der Waals surface area contributed by atoms with Crippen LogP contribution in [0.3, 0.4) is 0 Å². The van der Waals surface area contributed by atoms with E-state index in [0.29, 0.717) is 16.7 Å². The summed E-state index contributed by atoms with van der Waals surface area (Å²) in [5, 5.41) is 0.440. The van der Waals surface area contributed by atoms with E-state index in [2.05, 4.69) is 14.9 Å². The number of carbonyl (C=O) groups excluding carboxylic acids is 2. The first kappa shape index (κ1) is 24.4. The van der Waals surface area contributed by atoms with Crippen molar-refractivity contribution in [2.24, 2.45) is 5.41 Å². The van der Waals surface area contributed by atoms with E-state index >= 15 is 0 Å². The SMILES string of the molecule is COC(=O)c1ccc(N(C)C2CCc3cc4nc(C)n(OC(=O)C(C)(C)C)c(=O)c4c(C)c32)cn1. The van der Waals surface area contributed by atoms with Crippen LogP contribution >= 0.6 is 0 Å². The minimum absolute atomic E-state index is 0.00598. The van der Waals surface area contributed by atoms with Gasteiger partial charge in [0, 0.05) is 7.05 Å². The van der Waals surface area contributed by atoms with Crippen molar-refractivity contribution in [1.29, 1.82) is 0 Å². The Morgan fingerprint density at radius 3 is 2.51 bits per heavy atom. The van der Waals surface area contributed by atoms with Crippen molar-refractivity contribution in [1.82, 2.24) is 14.7 Å². The molecule has 184 valence electrons. The fourth-order valence-corrected chi connectivity index (χ4v) is 4.53. The quantitative estimate of drug-likeness (QED) is 0.526. The highest BCUT2D eigenvalue weighted by Crippen LogP contribution is 2.41. The Morgan fingerprint density at radius 1 is 1.20 bits per heavy atom. The number of aromatic nitrogens is 3. The lowest BCUT2D eigenvalue weighted by atomic mass is 9.97. The minimum atomic E-state index is -0.765. The molecular weight excluding hydrogens is 448 g/mol. The van der Waals surface area contributed by atoms with Gasteiger partial charge < -0.3 is 14.5 Å². The molecule has 0 aliphatic heterocycles. The van der Waals surface area contributed by atoms with Crippen LogP contribution in [-0.2, 0) is 16.0 Å². The Balaban J connectivity index is 1.77. The molecule has 2 aromatic heterocycles. The maximum absolute atomic E-state index is 13.5. The van der Waals surface area contributed by atoms with E-state index in [1.807, 2.05) is 26.1 Å². The van der Waals surface area contributed by atoms with Crippen LogP contribution in [0.5, 0.6) is 0 Å². The number of rotatable bonds is 4. The number of hydrogen-bond donors (Lipinski definition) is 0. The number of hydrogen-bond acceptors (Lipinski definition) is 8. The fourth-order valence-electron chi connectivity index (χ4n) is 4.53. The second kappa shape index (κ2) is 8.79. The number of esters is 1. The molecule has 0 spiro atoms. The number of pyridine rings is 1. The number of nitrogens with zero attached hydrogens (tertiary/aromatic N) is 4. The van der Waals surface area contributed by atoms with Crippen molar-refractivity contribution >= 4 is 28.5 Å². The van der Waals surface area contributed by atoms with Crippen LogP contribution in [0, 0.1) is 19.3 Å². The van der Waals surface area contributed by atoms with E-state index < -0.39 is 22.9 Å². The van der Waals surface area contributed by atoms with Crippen molar-refractivity contribution in [2.75, 3.05) is 19.1 Å². The smallest absolute Gasteiger partial charge is 0.356 e. The molecule has 0 bridgehead atoms. The maximum atomic E-state index is 13.5. The van der Waals surface area contributed by atoms with E-state index in [-0.39, 0.29) is 11.7 Å². The highest BCUT2D eigenvalue weighted by Gasteiger charge is 2.31. The monoisotopic (exact) mass is 478 g/mol. The van der Waals surface area contributed by atoms with E-state index in [1.165, 1.54) is 7.11 Å². The van der Waals surface area contributed by atoms with Crippen LogP contribution < -0.4 is 15.3 Å². The summed E-state index contributed by atoms with van der Waals surface area (Å²) in [6, 6.07) is 5.44. The van der Waals surface area contributed by atoms with Gasteiger partial charge in [-0.05, 0) is 82.3 Å². The zero-order valence-electron chi connectivity index (χ0n) is 21.1. The number of fused-ring (bicyclic) bond motifs is 2. The number of benzene rings is 1. The third-order valence-electron chi connectivity index (χ3n) is 6.49. The minimum Gasteiger partial charge on any atom is -0.464 e. The van der Waals surface area contributed by atoms with Gasteiger partial charge in [0.05, 0.1) is 41.4 Å². The molecule has 0 saturated carbocycles. The summed E-state index contributed by atoms with van der Waals surface area (Å²) < 4.78 is 5.73. The van der Waals surface area contributed by atoms with Gasteiger partial charge in [-0.2, -0.15) is 0 Å². The molecular formula is C26H30N4O5. The molecule has 1 aliphatic carbocycles. The summed E-state index contributed by atoms with van der Waals surface area (Å²) >= 11 is 0. The van der Waals surface area contributed by atoms with Gasteiger partial charge in [-0.15, -0.1) is 4.73 Å². The van der Waals surface area contributed by atoms with Crippen LogP contribution in [0.15, 0.2) is 29.2 Å². The molecule has 0 fully saturated rings. The van der Waals surface area contributed by atoms with E-state index in [9.17, 15) is 14.4 Å². The second-order valence-electron chi connectivity index (χ2n) is 9.91. The largest absolute Gasteiger partial charge is 0.464 e. The normalized spacial score (nSPS) is 15.1. The summed E-state index contributed by atoms with van der Waals surface area (Å²) in [6.45, 7) is 8.76. The Bertz CT molecular complexity index is 1390. The molecule has 35 heavy (non-hydrogen) atoms. The molecule has 3 aromatic rings. The molecule has 0 radical (unpaired) electrons. The molecule has 4 rings (SSSR count). The zero-order valence-corrected chi connectivity index (χ0v) is 21.1. The predicted octanol–water partition coefficient (Wildman–Crippen LogP) is 3.32. The van der Waals surface area contributed by atoms with Crippen LogP contribution in [0.4, 0.5) is 5.69 Å². The van der Waals surface area contributed by atoms with Gasteiger partial charge in [0.15, 0.2) is 0 Å². The number of anilines is 1. The Morgan fingerprint density at radius 2 is 1.91 bits per heavy atom. The molecule has 1 aliphatic rings. The molecule has 0 N–H and O–H groups in total. The molecule has 1 aromatic carbocycles. The predicted molar refractivity (Wildman–Crippen MR) is 132 cm³/mol. The van der Waals surface area contributed by atoms with Gasteiger partial charge in [0.1, 0.15) is 11.5 Å². The molecule has 1 atom stereocenters. The summed E-state index contributed by atoms with van der Waals surface area (Å²) in [5.74, 6) is -0.676. The van der Waals surface area contributed by atoms with Gasteiger partial charge in [-0.3, -0.25) is 4.79 Å². The topological polar surface area (TPSA) is 104 Å². The van der Waals surface area contributed by atoms with Crippen molar-refractivity contribution < 1.29 is 19.2 Å². The lowest BCUT2D eigenvalue weighted by molar-refractivity contribution is -0.154. The maximum Gasteiger partial charge on any atom is 0.356 e. The molecule has 9 nitrogen and oxygen atoms in total.